The lowest BCUT2D eigenvalue weighted by Gasteiger charge is -2.14. The number of benzene rings is 1. The lowest BCUT2D eigenvalue weighted by atomic mass is 10.2. The fourth-order valence-corrected chi connectivity index (χ4v) is 5.86. The summed E-state index contributed by atoms with van der Waals surface area (Å²) in [5, 5.41) is 2.63. The molecule has 1 saturated heterocycles. The third-order valence-corrected chi connectivity index (χ3v) is 7.19. The quantitative estimate of drug-likeness (QED) is 0.653. The monoisotopic (exact) mass is 401 g/mol. The molecular weight excluding hydrogens is 378 g/mol. The van der Waals surface area contributed by atoms with Gasteiger partial charge in [-0.25, -0.2) is 8.42 Å². The number of hydrogen-bond donors (Lipinski definition) is 1. The van der Waals surface area contributed by atoms with Gasteiger partial charge in [-0.05, 0) is 31.0 Å². The normalized spacial score (nSPS) is 19.5. The summed E-state index contributed by atoms with van der Waals surface area (Å²) >= 11 is 1.26. The highest BCUT2D eigenvalue weighted by atomic mass is 32.2. The van der Waals surface area contributed by atoms with Crippen molar-refractivity contribution in [2.24, 2.45) is 0 Å². The zero-order chi connectivity index (χ0) is 19.2. The minimum Gasteiger partial charge on any atom is -0.497 e. The predicted molar refractivity (Wildman–Crippen MR) is 99.9 cm³/mol. The molecule has 26 heavy (non-hydrogen) atoms. The number of thioether (sulfide) groups is 1. The zero-order valence-electron chi connectivity index (χ0n) is 14.8. The number of carbonyl (C=O) groups is 2. The van der Waals surface area contributed by atoms with Crippen LogP contribution in [-0.2, 0) is 30.7 Å². The van der Waals surface area contributed by atoms with Gasteiger partial charge in [0.25, 0.3) is 5.91 Å². The molecule has 0 aliphatic carbocycles. The molecule has 1 fully saturated rings. The summed E-state index contributed by atoms with van der Waals surface area (Å²) in [4.78, 5) is 23.9. The molecule has 1 amide bonds. The van der Waals surface area contributed by atoms with Gasteiger partial charge in [0.05, 0.1) is 24.4 Å². The SMILES string of the molecule is COc1ccc(CNC(=O)[C@@H](C)OC(=O)CS[C@H]2CCS(=O)(=O)C2)cc1. The summed E-state index contributed by atoms with van der Waals surface area (Å²) in [6, 6.07) is 7.26. The second-order valence-electron chi connectivity index (χ2n) is 6.03. The van der Waals surface area contributed by atoms with Crippen molar-refractivity contribution in [2.45, 2.75) is 31.2 Å². The number of rotatable bonds is 8. The highest BCUT2D eigenvalue weighted by molar-refractivity contribution is 8.02. The Balaban J connectivity index is 1.69. The van der Waals surface area contributed by atoms with E-state index in [4.69, 9.17) is 9.47 Å². The lowest BCUT2D eigenvalue weighted by molar-refractivity contribution is -0.152. The molecule has 0 unspecified atom stereocenters. The molecule has 2 rings (SSSR count). The van der Waals surface area contributed by atoms with E-state index in [-0.39, 0.29) is 28.4 Å². The predicted octanol–water partition coefficient (Wildman–Crippen LogP) is 1.16. The summed E-state index contributed by atoms with van der Waals surface area (Å²) in [5.41, 5.74) is 0.899. The van der Waals surface area contributed by atoms with Gasteiger partial charge in [0, 0.05) is 11.8 Å². The van der Waals surface area contributed by atoms with Gasteiger partial charge < -0.3 is 14.8 Å². The Morgan fingerprint density at radius 2 is 2.00 bits per heavy atom. The Hall–Kier alpha value is -1.74. The molecule has 7 nitrogen and oxygen atoms in total. The largest absolute Gasteiger partial charge is 0.497 e. The Labute approximate surface area is 157 Å². The number of hydrogen-bond acceptors (Lipinski definition) is 7. The smallest absolute Gasteiger partial charge is 0.316 e. The highest BCUT2D eigenvalue weighted by Gasteiger charge is 2.29. The van der Waals surface area contributed by atoms with E-state index in [1.807, 2.05) is 12.1 Å². The molecule has 144 valence electrons. The first-order valence-corrected chi connectivity index (χ1v) is 11.1. The van der Waals surface area contributed by atoms with Crippen molar-refractivity contribution in [1.29, 1.82) is 0 Å². The van der Waals surface area contributed by atoms with Crippen LogP contribution < -0.4 is 10.1 Å². The van der Waals surface area contributed by atoms with Crippen molar-refractivity contribution in [3.63, 3.8) is 0 Å². The summed E-state index contributed by atoms with van der Waals surface area (Å²) < 4.78 is 33.0. The Bertz CT molecular complexity index is 732. The van der Waals surface area contributed by atoms with Gasteiger partial charge in [-0.15, -0.1) is 11.8 Å². The van der Waals surface area contributed by atoms with Crippen LogP contribution in [0.5, 0.6) is 5.75 Å². The van der Waals surface area contributed by atoms with Crippen molar-refractivity contribution in [1.82, 2.24) is 5.32 Å². The summed E-state index contributed by atoms with van der Waals surface area (Å²) in [6.07, 6.45) is -0.355. The van der Waals surface area contributed by atoms with Crippen LogP contribution in [0.1, 0.15) is 18.9 Å². The average Bonchev–Trinajstić information content (AvgIpc) is 2.97. The van der Waals surface area contributed by atoms with E-state index < -0.39 is 21.9 Å². The van der Waals surface area contributed by atoms with Gasteiger partial charge in [0.1, 0.15) is 5.75 Å². The van der Waals surface area contributed by atoms with E-state index in [0.29, 0.717) is 13.0 Å². The molecule has 1 aromatic rings. The minimum atomic E-state index is -2.96. The first kappa shape index (κ1) is 20.6. The third-order valence-electron chi connectivity index (χ3n) is 3.93. The van der Waals surface area contributed by atoms with E-state index in [9.17, 15) is 18.0 Å². The van der Waals surface area contributed by atoms with E-state index >= 15 is 0 Å². The van der Waals surface area contributed by atoms with Gasteiger partial charge in [-0.2, -0.15) is 0 Å². The van der Waals surface area contributed by atoms with Crippen LogP contribution in [0.15, 0.2) is 24.3 Å². The van der Waals surface area contributed by atoms with Gasteiger partial charge in [-0.3, -0.25) is 9.59 Å². The summed E-state index contributed by atoms with van der Waals surface area (Å²) in [5.74, 6) is 0.132. The summed E-state index contributed by atoms with van der Waals surface area (Å²) in [7, 11) is -1.38. The molecule has 0 spiro atoms. The maximum Gasteiger partial charge on any atom is 0.316 e. The molecule has 1 aromatic carbocycles. The number of nitrogens with one attached hydrogen (secondary N) is 1. The van der Waals surface area contributed by atoms with E-state index in [0.717, 1.165) is 11.3 Å². The molecule has 0 aromatic heterocycles. The Morgan fingerprint density at radius 3 is 2.58 bits per heavy atom. The molecule has 1 N–H and O–H groups in total. The third kappa shape index (κ3) is 6.53. The van der Waals surface area contributed by atoms with Gasteiger partial charge in [0.2, 0.25) is 0 Å². The number of sulfone groups is 1. The maximum absolute atomic E-state index is 12.0. The lowest BCUT2D eigenvalue weighted by Crippen LogP contribution is -2.35. The van der Waals surface area contributed by atoms with Crippen LogP contribution in [0.2, 0.25) is 0 Å². The van der Waals surface area contributed by atoms with Gasteiger partial charge in [0.15, 0.2) is 15.9 Å². The zero-order valence-corrected chi connectivity index (χ0v) is 16.4. The van der Waals surface area contributed by atoms with Crippen LogP contribution in [0.3, 0.4) is 0 Å². The van der Waals surface area contributed by atoms with Crippen LogP contribution in [0, 0.1) is 0 Å². The molecule has 0 bridgehead atoms. The van der Waals surface area contributed by atoms with Gasteiger partial charge >= 0.3 is 5.97 Å². The molecule has 1 aliphatic heterocycles. The fraction of sp³-hybridized carbons (Fsp3) is 0.529. The molecule has 1 heterocycles. The maximum atomic E-state index is 12.0. The van der Waals surface area contributed by atoms with E-state index in [1.165, 1.54) is 18.7 Å². The van der Waals surface area contributed by atoms with Crippen LogP contribution in [-0.4, -0.2) is 56.0 Å². The first-order chi connectivity index (χ1) is 12.3. The number of esters is 1. The van der Waals surface area contributed by atoms with Crippen LogP contribution >= 0.6 is 11.8 Å². The van der Waals surface area contributed by atoms with Crippen molar-refractivity contribution in [3.05, 3.63) is 29.8 Å². The Kier molecular flexibility index (Phi) is 7.33. The Morgan fingerprint density at radius 1 is 1.31 bits per heavy atom. The topological polar surface area (TPSA) is 98.8 Å². The second-order valence-corrected chi connectivity index (χ2v) is 9.55. The number of methoxy groups -OCH3 is 1. The highest BCUT2D eigenvalue weighted by Crippen LogP contribution is 2.24. The standard InChI is InChI=1S/C17H23NO6S2/c1-12(17(20)18-9-13-3-5-14(23-2)6-4-13)24-16(19)10-25-15-7-8-26(21,22)11-15/h3-6,12,15H,7-11H2,1-2H3,(H,18,20)/t12-,15+/m1/s1. The number of ether oxygens (including phenoxy) is 2. The molecule has 2 atom stereocenters. The van der Waals surface area contributed by atoms with Crippen molar-refractivity contribution in [2.75, 3.05) is 24.4 Å². The van der Waals surface area contributed by atoms with E-state index in [2.05, 4.69) is 5.32 Å². The molecule has 0 radical (unpaired) electrons. The molecule has 9 heteroatoms. The van der Waals surface area contributed by atoms with Crippen LogP contribution in [0.25, 0.3) is 0 Å². The fourth-order valence-electron chi connectivity index (χ4n) is 2.44. The molecule has 0 saturated carbocycles. The number of amides is 1. The molecular formula is C17H23NO6S2. The minimum absolute atomic E-state index is 0.0380. The molecule has 1 aliphatic rings. The van der Waals surface area contributed by atoms with Crippen molar-refractivity contribution < 1.29 is 27.5 Å². The van der Waals surface area contributed by atoms with E-state index in [1.54, 1.807) is 19.2 Å². The second kappa shape index (κ2) is 9.27. The van der Waals surface area contributed by atoms with Crippen molar-refractivity contribution >= 4 is 33.5 Å². The average molecular weight is 402 g/mol. The van der Waals surface area contributed by atoms with Crippen molar-refractivity contribution in [3.8, 4) is 5.75 Å². The number of carbonyl (C=O) groups excluding carboxylic acids is 2. The van der Waals surface area contributed by atoms with Gasteiger partial charge in [-0.1, -0.05) is 12.1 Å². The summed E-state index contributed by atoms with van der Waals surface area (Å²) in [6.45, 7) is 1.82. The first-order valence-electron chi connectivity index (χ1n) is 8.21. The van der Waals surface area contributed by atoms with Crippen LogP contribution in [0.4, 0.5) is 0 Å².